The van der Waals surface area contributed by atoms with Crippen molar-refractivity contribution in [1.82, 2.24) is 20.6 Å². The van der Waals surface area contributed by atoms with Crippen molar-refractivity contribution in [2.24, 2.45) is 0 Å². The zero-order valence-corrected chi connectivity index (χ0v) is 11.8. The number of nitrogens with one attached hydrogen (secondary N) is 2. The minimum Gasteiger partial charge on any atom is -0.469 e. The Labute approximate surface area is 129 Å². The number of aromatic nitrogens is 2. The Balaban J connectivity index is 1.79. The van der Waals surface area contributed by atoms with Crippen LogP contribution in [0.15, 0.2) is 34.6 Å². The van der Waals surface area contributed by atoms with Crippen LogP contribution in [0.3, 0.4) is 0 Å². The fourth-order valence-electron chi connectivity index (χ4n) is 1.73. The van der Waals surface area contributed by atoms with Crippen LogP contribution in [0, 0.1) is 0 Å². The third-order valence-corrected chi connectivity index (χ3v) is 2.82. The van der Waals surface area contributed by atoms with Gasteiger partial charge < -0.3 is 14.5 Å². The number of carbonyl (C=O) groups excluding carboxylic acids is 2. The molecule has 2 aromatic heterocycles. The molecule has 9 heteroatoms. The van der Waals surface area contributed by atoms with E-state index in [1.54, 1.807) is 12.1 Å². The average Bonchev–Trinajstić information content (AvgIpc) is 3.06. The molecule has 0 radical (unpaired) electrons. The molecule has 3 heterocycles. The summed E-state index contributed by atoms with van der Waals surface area (Å²) in [6, 6.07) is 4.39. The number of amides is 3. The van der Waals surface area contributed by atoms with E-state index in [1.165, 1.54) is 18.4 Å². The summed E-state index contributed by atoms with van der Waals surface area (Å²) in [5.41, 5.74) is 0.388. The lowest BCUT2D eigenvalue weighted by Gasteiger charge is -2.04. The van der Waals surface area contributed by atoms with Crippen LogP contribution in [0.2, 0.25) is 5.28 Å². The molecule has 3 rings (SSSR count). The van der Waals surface area contributed by atoms with Crippen molar-refractivity contribution in [3.63, 3.8) is 0 Å². The van der Waals surface area contributed by atoms with Gasteiger partial charge in [0, 0.05) is 6.07 Å². The maximum atomic E-state index is 11.5. The highest BCUT2D eigenvalue weighted by Crippen LogP contribution is 2.17. The van der Waals surface area contributed by atoms with Gasteiger partial charge in [0.15, 0.2) is 0 Å². The van der Waals surface area contributed by atoms with E-state index in [1.807, 2.05) is 0 Å². The molecule has 0 aliphatic carbocycles. The first-order valence-corrected chi connectivity index (χ1v) is 6.52. The lowest BCUT2D eigenvalue weighted by Crippen LogP contribution is -2.22. The monoisotopic (exact) mass is 320 g/mol. The number of carbonyl (C=O) groups is 2. The lowest BCUT2D eigenvalue weighted by molar-refractivity contribution is -0.115. The molecule has 0 spiro atoms. The summed E-state index contributed by atoms with van der Waals surface area (Å²) >= 11 is 5.82. The molecule has 0 bridgehead atoms. The molecule has 1 aliphatic heterocycles. The molecule has 22 heavy (non-hydrogen) atoms. The number of ether oxygens (including phenoxy) is 1. The molecule has 0 atom stereocenters. The van der Waals surface area contributed by atoms with Crippen molar-refractivity contribution >= 4 is 29.6 Å². The average molecular weight is 321 g/mol. The van der Waals surface area contributed by atoms with Gasteiger partial charge in [-0.25, -0.2) is 9.78 Å². The van der Waals surface area contributed by atoms with E-state index in [9.17, 15) is 9.59 Å². The van der Waals surface area contributed by atoms with E-state index < -0.39 is 11.9 Å². The van der Waals surface area contributed by atoms with Gasteiger partial charge >= 0.3 is 6.03 Å². The molecular formula is C13H9ClN4O4. The van der Waals surface area contributed by atoms with Gasteiger partial charge in [0.1, 0.15) is 18.1 Å². The van der Waals surface area contributed by atoms with E-state index in [0.29, 0.717) is 11.5 Å². The molecule has 1 saturated heterocycles. The summed E-state index contributed by atoms with van der Waals surface area (Å²) in [7, 11) is 0. The number of furan rings is 1. The molecule has 8 nitrogen and oxygen atoms in total. The summed E-state index contributed by atoms with van der Waals surface area (Å²) in [6.45, 7) is 0.174. The number of urea groups is 1. The van der Waals surface area contributed by atoms with Crippen molar-refractivity contribution in [3.05, 3.63) is 46.9 Å². The smallest absolute Gasteiger partial charge is 0.326 e. The van der Waals surface area contributed by atoms with Crippen LogP contribution in [-0.2, 0) is 11.4 Å². The predicted molar refractivity (Wildman–Crippen MR) is 74.7 cm³/mol. The fourth-order valence-corrected chi connectivity index (χ4v) is 1.91. The van der Waals surface area contributed by atoms with E-state index in [2.05, 4.69) is 20.6 Å². The van der Waals surface area contributed by atoms with Crippen LogP contribution in [0.5, 0.6) is 5.88 Å². The molecule has 3 amide bonds. The Morgan fingerprint density at radius 1 is 1.32 bits per heavy atom. The summed E-state index contributed by atoms with van der Waals surface area (Å²) in [4.78, 5) is 30.4. The van der Waals surface area contributed by atoms with Gasteiger partial charge in [-0.3, -0.25) is 10.1 Å². The van der Waals surface area contributed by atoms with Gasteiger partial charge in [-0.15, -0.1) is 0 Å². The highest BCUT2D eigenvalue weighted by Gasteiger charge is 2.23. The molecule has 0 unspecified atom stereocenters. The van der Waals surface area contributed by atoms with Gasteiger partial charge in [0.05, 0.1) is 12.0 Å². The van der Waals surface area contributed by atoms with Crippen molar-refractivity contribution < 1.29 is 18.7 Å². The standard InChI is InChI=1S/C13H9ClN4O4/c14-12-15-7(4-9-11(19)18-13(20)16-9)5-10(17-12)22-6-8-2-1-3-21-8/h1-5H,6H2,(H2,16,18,19,20). The summed E-state index contributed by atoms with van der Waals surface area (Å²) in [5.74, 6) is 0.294. The third-order valence-electron chi connectivity index (χ3n) is 2.65. The number of imide groups is 1. The number of rotatable bonds is 4. The molecule has 2 N–H and O–H groups in total. The second-order valence-corrected chi connectivity index (χ2v) is 4.57. The first-order chi connectivity index (χ1) is 10.6. The quantitative estimate of drug-likeness (QED) is 0.502. The molecule has 1 aliphatic rings. The van der Waals surface area contributed by atoms with Crippen LogP contribution < -0.4 is 15.4 Å². The van der Waals surface area contributed by atoms with Crippen molar-refractivity contribution in [2.45, 2.75) is 6.61 Å². The van der Waals surface area contributed by atoms with Gasteiger partial charge in [0.25, 0.3) is 5.91 Å². The Hall–Kier alpha value is -2.87. The Kier molecular flexibility index (Phi) is 3.75. The first-order valence-electron chi connectivity index (χ1n) is 6.14. The van der Waals surface area contributed by atoms with Crippen molar-refractivity contribution in [1.29, 1.82) is 0 Å². The number of hydrogen-bond donors (Lipinski definition) is 2. The van der Waals surface area contributed by atoms with Crippen molar-refractivity contribution in [3.8, 4) is 5.88 Å². The highest BCUT2D eigenvalue weighted by atomic mass is 35.5. The van der Waals surface area contributed by atoms with Crippen LogP contribution in [0.4, 0.5) is 4.79 Å². The van der Waals surface area contributed by atoms with Crippen molar-refractivity contribution in [2.75, 3.05) is 0 Å². The van der Waals surface area contributed by atoms with E-state index >= 15 is 0 Å². The number of nitrogens with zero attached hydrogens (tertiary/aromatic N) is 2. The third kappa shape index (κ3) is 3.23. The maximum Gasteiger partial charge on any atom is 0.326 e. The topological polar surface area (TPSA) is 106 Å². The lowest BCUT2D eigenvalue weighted by atomic mass is 10.3. The molecule has 0 aromatic carbocycles. The van der Waals surface area contributed by atoms with E-state index in [4.69, 9.17) is 20.8 Å². The van der Waals surface area contributed by atoms with Crippen LogP contribution in [-0.4, -0.2) is 21.9 Å². The molecule has 0 saturated carbocycles. The second-order valence-electron chi connectivity index (χ2n) is 4.23. The minimum atomic E-state index is -0.592. The van der Waals surface area contributed by atoms with E-state index in [0.717, 1.165) is 0 Å². The van der Waals surface area contributed by atoms with Crippen LogP contribution in [0.25, 0.3) is 6.08 Å². The first kappa shape index (κ1) is 14.1. The molecule has 1 fully saturated rings. The van der Waals surface area contributed by atoms with Gasteiger partial charge in [-0.2, -0.15) is 4.98 Å². The van der Waals surface area contributed by atoms with Crippen LogP contribution in [0.1, 0.15) is 11.5 Å². The largest absolute Gasteiger partial charge is 0.469 e. The Bertz CT molecular complexity index is 757. The highest BCUT2D eigenvalue weighted by molar-refractivity contribution is 6.28. The van der Waals surface area contributed by atoms with Gasteiger partial charge in [-0.1, -0.05) is 0 Å². The zero-order valence-electron chi connectivity index (χ0n) is 11.0. The minimum absolute atomic E-state index is 0.0477. The van der Waals surface area contributed by atoms with Gasteiger partial charge in [-0.05, 0) is 29.8 Å². The van der Waals surface area contributed by atoms with Gasteiger partial charge in [0.2, 0.25) is 11.2 Å². The zero-order chi connectivity index (χ0) is 15.5. The van der Waals surface area contributed by atoms with Crippen LogP contribution >= 0.6 is 11.6 Å². The Morgan fingerprint density at radius 2 is 2.18 bits per heavy atom. The normalized spacial score (nSPS) is 15.8. The SMILES string of the molecule is O=C1NC(=O)C(=Cc2cc(OCc3ccco3)nc(Cl)n2)N1. The number of halogens is 1. The number of hydrogen-bond acceptors (Lipinski definition) is 6. The maximum absolute atomic E-state index is 11.5. The molecular weight excluding hydrogens is 312 g/mol. The van der Waals surface area contributed by atoms with E-state index in [-0.39, 0.29) is 23.5 Å². The molecule has 112 valence electrons. The summed E-state index contributed by atoms with van der Waals surface area (Å²) in [5, 5.41) is 4.38. The fraction of sp³-hybridized carbons (Fsp3) is 0.0769. The summed E-state index contributed by atoms with van der Waals surface area (Å²) in [6.07, 6.45) is 2.90. The molecule has 2 aromatic rings. The second kappa shape index (κ2) is 5.86. The Morgan fingerprint density at radius 3 is 2.86 bits per heavy atom. The predicted octanol–water partition coefficient (Wildman–Crippen LogP) is 1.48. The summed E-state index contributed by atoms with van der Waals surface area (Å²) < 4.78 is 10.6.